The Morgan fingerprint density at radius 2 is 1.95 bits per heavy atom. The molecule has 12 heteroatoms. The van der Waals surface area contributed by atoms with Gasteiger partial charge in [-0.15, -0.1) is 13.2 Å². The summed E-state index contributed by atoms with van der Waals surface area (Å²) in [7, 11) is 1.81. The number of carbonyl (C=O) groups excluding carboxylic acids is 1. The van der Waals surface area contributed by atoms with Crippen molar-refractivity contribution >= 4 is 23.2 Å². The highest BCUT2D eigenvalue weighted by molar-refractivity contribution is 6.24. The molecule has 7 rings (SSSR count). The quantitative estimate of drug-likeness (QED) is 0.429. The predicted octanol–water partition coefficient (Wildman–Crippen LogP) is 4.02. The van der Waals surface area contributed by atoms with Gasteiger partial charge in [0.15, 0.2) is 5.50 Å². The second-order valence-corrected chi connectivity index (χ2v) is 11.6. The maximum absolute atomic E-state index is 13.4. The summed E-state index contributed by atoms with van der Waals surface area (Å²) in [4.78, 5) is 19.7. The lowest BCUT2D eigenvalue weighted by Gasteiger charge is -2.57. The van der Waals surface area contributed by atoms with Crippen LogP contribution in [-0.4, -0.2) is 63.3 Å². The zero-order valence-electron chi connectivity index (χ0n) is 20.8. The van der Waals surface area contributed by atoms with Gasteiger partial charge in [0.05, 0.1) is 35.5 Å². The van der Waals surface area contributed by atoms with Crippen molar-refractivity contribution in [2.75, 3.05) is 11.9 Å². The zero-order chi connectivity index (χ0) is 26.9. The summed E-state index contributed by atoms with van der Waals surface area (Å²) in [5.74, 6) is 0.151. The number of imidazole rings is 1. The van der Waals surface area contributed by atoms with Crippen molar-refractivity contribution in [3.05, 3.63) is 42.5 Å². The summed E-state index contributed by atoms with van der Waals surface area (Å²) < 4.78 is 49.4. The first kappa shape index (κ1) is 25.8. The van der Waals surface area contributed by atoms with E-state index in [-0.39, 0.29) is 30.2 Å². The van der Waals surface area contributed by atoms with Gasteiger partial charge in [-0.1, -0.05) is 23.7 Å². The van der Waals surface area contributed by atoms with E-state index < -0.39 is 35.7 Å². The number of hydrogen-bond donors (Lipinski definition) is 2. The molecule has 0 radical (unpaired) electrons. The number of fused-ring (bicyclic) bond motifs is 4. The highest BCUT2D eigenvalue weighted by Crippen LogP contribution is 2.52. The third-order valence-corrected chi connectivity index (χ3v) is 9.52. The Hall–Kier alpha value is -2.50. The van der Waals surface area contributed by atoms with Crippen molar-refractivity contribution in [2.45, 2.75) is 92.1 Å². The van der Waals surface area contributed by atoms with Crippen LogP contribution in [-0.2, 0) is 15.1 Å². The topological polar surface area (TPSA) is 88.9 Å². The third kappa shape index (κ3) is 4.32. The second-order valence-electron chi connectivity index (χ2n) is 11.1. The summed E-state index contributed by atoms with van der Waals surface area (Å²) in [5, 5.41) is 14.4. The largest absolute Gasteiger partial charge is 0.522 e. The minimum Gasteiger partial charge on any atom is -0.475 e. The molecular formula is C26H30ClF3N4O4. The van der Waals surface area contributed by atoms with Crippen LogP contribution in [0.5, 0.6) is 5.75 Å². The molecule has 0 spiro atoms. The number of benzene rings is 1. The average Bonchev–Trinajstić information content (AvgIpc) is 3.34. The molecule has 4 fully saturated rings. The highest BCUT2D eigenvalue weighted by atomic mass is 35.5. The van der Waals surface area contributed by atoms with E-state index in [9.17, 15) is 23.1 Å². The number of alkyl halides is 4. The molecule has 1 aliphatic heterocycles. The number of likely N-dealkylation sites (N-methyl/N-ethyl adjacent to an activating group) is 1. The molecule has 8 nitrogen and oxygen atoms in total. The van der Waals surface area contributed by atoms with Crippen molar-refractivity contribution in [1.29, 1.82) is 0 Å². The van der Waals surface area contributed by atoms with Crippen LogP contribution in [0.3, 0.4) is 0 Å². The van der Waals surface area contributed by atoms with E-state index in [1.807, 2.05) is 40.9 Å². The molecule has 3 atom stereocenters. The maximum Gasteiger partial charge on any atom is 0.522 e. The second kappa shape index (κ2) is 9.02. The summed E-state index contributed by atoms with van der Waals surface area (Å²) in [6.45, 7) is 0. The Bertz CT molecular complexity index is 1210. The number of anilines is 1. The molecule has 206 valence electrons. The van der Waals surface area contributed by atoms with E-state index in [1.165, 1.54) is 0 Å². The first-order valence-corrected chi connectivity index (χ1v) is 13.3. The molecule has 1 amide bonds. The number of nitrogens with zero attached hydrogens (tertiary/aromatic N) is 3. The fourth-order valence-corrected chi connectivity index (χ4v) is 6.87. The number of rotatable bonds is 5. The van der Waals surface area contributed by atoms with E-state index in [2.05, 4.69) is 15.0 Å². The van der Waals surface area contributed by atoms with E-state index in [1.54, 1.807) is 12.4 Å². The molecule has 3 unspecified atom stereocenters. The van der Waals surface area contributed by atoms with Crippen LogP contribution in [0.25, 0.3) is 0 Å². The van der Waals surface area contributed by atoms with Gasteiger partial charge in [-0.2, -0.15) is 0 Å². The van der Waals surface area contributed by atoms with Crippen molar-refractivity contribution in [2.24, 2.45) is 0 Å². The van der Waals surface area contributed by atoms with Gasteiger partial charge in [-0.25, -0.2) is 4.98 Å². The van der Waals surface area contributed by atoms with Crippen LogP contribution in [0.4, 0.5) is 18.9 Å². The summed E-state index contributed by atoms with van der Waals surface area (Å²) in [6.07, 6.45) is 0.0611. The fourth-order valence-electron chi connectivity index (χ4n) is 6.60. The molecule has 2 heterocycles. The lowest BCUT2D eigenvalue weighted by Crippen LogP contribution is -2.68. The summed E-state index contributed by atoms with van der Waals surface area (Å²) in [5.41, 5.74) is -0.271. The van der Waals surface area contributed by atoms with Crippen LogP contribution in [0, 0.1) is 0 Å². The Morgan fingerprint density at radius 1 is 1.24 bits per heavy atom. The Morgan fingerprint density at radius 3 is 2.63 bits per heavy atom. The van der Waals surface area contributed by atoms with E-state index in [4.69, 9.17) is 16.3 Å². The Kier molecular flexibility index (Phi) is 6.12. The number of amides is 1. The number of para-hydroxylation sites is 2. The van der Waals surface area contributed by atoms with Crippen LogP contribution >= 0.6 is 11.6 Å². The number of ether oxygens (including phenoxy) is 2. The monoisotopic (exact) mass is 554 g/mol. The molecule has 4 saturated carbocycles. The number of carbonyl (C=O) groups is 1. The Labute approximate surface area is 223 Å². The van der Waals surface area contributed by atoms with Gasteiger partial charge in [0.25, 0.3) is 5.91 Å². The van der Waals surface area contributed by atoms with Crippen LogP contribution in [0.15, 0.2) is 36.8 Å². The lowest BCUT2D eigenvalue weighted by atomic mass is 9.59. The third-order valence-electron chi connectivity index (χ3n) is 9.00. The van der Waals surface area contributed by atoms with Crippen molar-refractivity contribution in [3.8, 4) is 5.75 Å². The lowest BCUT2D eigenvalue weighted by molar-refractivity contribution is -0.351. The van der Waals surface area contributed by atoms with Gasteiger partial charge in [0.2, 0.25) is 6.10 Å². The minimum atomic E-state index is -4.62. The van der Waals surface area contributed by atoms with Crippen LogP contribution in [0.2, 0.25) is 0 Å². The van der Waals surface area contributed by atoms with Gasteiger partial charge in [0, 0.05) is 24.7 Å². The van der Waals surface area contributed by atoms with Gasteiger partial charge in [-0.3, -0.25) is 9.53 Å². The molecule has 38 heavy (non-hydrogen) atoms. The highest BCUT2D eigenvalue weighted by Gasteiger charge is 2.56. The number of nitrogens with one attached hydrogen (secondary N) is 1. The van der Waals surface area contributed by atoms with E-state index in [0.717, 1.165) is 24.2 Å². The maximum atomic E-state index is 13.4. The molecule has 2 aromatic rings. The molecule has 1 aromatic carbocycles. The number of aliphatic hydroxyl groups excluding tert-OH is 1. The van der Waals surface area contributed by atoms with Gasteiger partial charge >= 0.3 is 6.36 Å². The van der Waals surface area contributed by atoms with Gasteiger partial charge in [-0.05, 0) is 57.1 Å². The molecule has 0 saturated heterocycles. The molecule has 4 aliphatic carbocycles. The van der Waals surface area contributed by atoms with Crippen LogP contribution in [0.1, 0.15) is 56.6 Å². The fraction of sp³-hybridized carbons (Fsp3) is 0.615. The normalized spacial score (nSPS) is 36.3. The first-order valence-electron chi connectivity index (χ1n) is 12.9. The van der Waals surface area contributed by atoms with Gasteiger partial charge in [0.1, 0.15) is 5.75 Å². The average molecular weight is 555 g/mol. The molecule has 2 N–H and O–H groups in total. The number of aliphatic hydroxyl groups is 1. The number of aromatic nitrogens is 2. The molecule has 5 aliphatic rings. The standard InChI is InChI=1S/C26H30ClF3N4O4/c1-33-18-4-2-3-5-19(18)37-21(22(33)27)23(36)32-25-8-6-24(7-9-25,12-20(25)35)34-13-17(31-14-34)15-10-16(11-15)38-26(28,29)30/h2-5,13-16,20-22,35H,6-12H2,1H3,(H,32,36). The molecular weight excluding hydrogens is 525 g/mol. The molecule has 1 aromatic heterocycles. The number of hydrogen-bond acceptors (Lipinski definition) is 6. The van der Waals surface area contributed by atoms with E-state index >= 15 is 0 Å². The summed E-state index contributed by atoms with van der Waals surface area (Å²) in [6, 6.07) is 7.39. The summed E-state index contributed by atoms with van der Waals surface area (Å²) >= 11 is 6.60. The predicted molar refractivity (Wildman–Crippen MR) is 132 cm³/mol. The number of halogens is 4. The molecule has 2 bridgehead atoms. The van der Waals surface area contributed by atoms with Crippen molar-refractivity contribution < 1.29 is 32.5 Å². The first-order chi connectivity index (χ1) is 18.0. The SMILES string of the molecule is CN1c2ccccc2OC(C(=O)NC23CCC(n4cnc(C5CC(OC(F)(F)F)C5)c4)(CC2)CC3O)C1Cl. The Balaban J connectivity index is 1.11. The minimum absolute atomic E-state index is 0.0715. The van der Waals surface area contributed by atoms with Gasteiger partial charge < -0.3 is 24.6 Å². The smallest absolute Gasteiger partial charge is 0.475 e. The van der Waals surface area contributed by atoms with Crippen molar-refractivity contribution in [1.82, 2.24) is 14.9 Å². The van der Waals surface area contributed by atoms with Crippen LogP contribution < -0.4 is 15.0 Å². The zero-order valence-corrected chi connectivity index (χ0v) is 21.6. The van der Waals surface area contributed by atoms with E-state index in [0.29, 0.717) is 25.0 Å². The van der Waals surface area contributed by atoms with Crippen molar-refractivity contribution in [3.63, 3.8) is 0 Å².